The molecule has 4 N–H and O–H groups in total. The molecule has 0 amide bonds. The van der Waals surface area contributed by atoms with Crippen LogP contribution >= 0.6 is 0 Å². The van der Waals surface area contributed by atoms with Crippen molar-refractivity contribution in [3.8, 4) is 6.07 Å². The fourth-order valence-corrected chi connectivity index (χ4v) is 1.78. The van der Waals surface area contributed by atoms with E-state index in [0.29, 0.717) is 11.3 Å². The predicted octanol–water partition coefficient (Wildman–Crippen LogP) is 2.43. The van der Waals surface area contributed by atoms with Crippen LogP contribution in [-0.2, 0) is 0 Å². The number of nitrogen functional groups attached to an aromatic ring is 1. The Morgan fingerprint density at radius 3 is 2.94 bits per heavy atom. The lowest BCUT2D eigenvalue weighted by Crippen LogP contribution is -2.12. The molecule has 1 atom stereocenters. The summed E-state index contributed by atoms with van der Waals surface area (Å²) in [6, 6.07) is 7.37. The van der Waals surface area contributed by atoms with Crippen molar-refractivity contribution in [2.75, 3.05) is 11.1 Å². The van der Waals surface area contributed by atoms with Crippen molar-refractivity contribution in [1.29, 1.82) is 5.26 Å². The fraction of sp³-hybridized carbons (Fsp3) is 0.231. The number of nitrogens with one attached hydrogen (secondary N) is 2. The SMILES string of the molecule is CCC(Nc1ccc(C#N)cc1N)c1ncc[nH]1. The van der Waals surface area contributed by atoms with E-state index in [4.69, 9.17) is 11.0 Å². The first-order chi connectivity index (χ1) is 8.74. The van der Waals surface area contributed by atoms with Crippen LogP contribution < -0.4 is 11.1 Å². The summed E-state index contributed by atoms with van der Waals surface area (Å²) in [6.45, 7) is 2.07. The Hall–Kier alpha value is -2.48. The Balaban J connectivity index is 2.20. The molecular weight excluding hydrogens is 226 g/mol. The molecule has 0 aliphatic rings. The molecule has 0 radical (unpaired) electrons. The summed E-state index contributed by atoms with van der Waals surface area (Å²) in [5.74, 6) is 0.876. The highest BCUT2D eigenvalue weighted by molar-refractivity contribution is 5.68. The van der Waals surface area contributed by atoms with Gasteiger partial charge in [-0.05, 0) is 24.6 Å². The summed E-state index contributed by atoms with van der Waals surface area (Å²) in [5, 5.41) is 12.1. The predicted molar refractivity (Wildman–Crippen MR) is 70.8 cm³/mol. The van der Waals surface area contributed by atoms with Crippen LogP contribution in [0.3, 0.4) is 0 Å². The minimum Gasteiger partial charge on any atom is -0.397 e. The highest BCUT2D eigenvalue weighted by Gasteiger charge is 2.12. The van der Waals surface area contributed by atoms with E-state index in [2.05, 4.69) is 28.3 Å². The van der Waals surface area contributed by atoms with E-state index in [1.54, 1.807) is 24.5 Å². The van der Waals surface area contributed by atoms with Gasteiger partial charge in [0.15, 0.2) is 0 Å². The fourth-order valence-electron chi connectivity index (χ4n) is 1.78. The van der Waals surface area contributed by atoms with Gasteiger partial charge in [-0.25, -0.2) is 4.98 Å². The van der Waals surface area contributed by atoms with E-state index in [1.807, 2.05) is 6.07 Å². The number of nitrogens with two attached hydrogens (primary N) is 1. The topological polar surface area (TPSA) is 90.5 Å². The normalized spacial score (nSPS) is 11.8. The monoisotopic (exact) mass is 241 g/mol. The summed E-state index contributed by atoms with van der Waals surface area (Å²) in [7, 11) is 0. The maximum atomic E-state index is 8.79. The van der Waals surface area contributed by atoms with Crippen LogP contribution in [0.15, 0.2) is 30.6 Å². The number of aromatic nitrogens is 2. The Labute approximate surface area is 106 Å². The van der Waals surface area contributed by atoms with E-state index >= 15 is 0 Å². The zero-order chi connectivity index (χ0) is 13.0. The van der Waals surface area contributed by atoms with Gasteiger partial charge in [0.1, 0.15) is 5.82 Å². The second-order valence-corrected chi connectivity index (χ2v) is 3.99. The molecule has 92 valence electrons. The number of hydrogen-bond donors (Lipinski definition) is 3. The lowest BCUT2D eigenvalue weighted by Gasteiger charge is -2.17. The highest BCUT2D eigenvalue weighted by atomic mass is 15.0. The van der Waals surface area contributed by atoms with Crippen molar-refractivity contribution < 1.29 is 0 Å². The van der Waals surface area contributed by atoms with Crippen LogP contribution in [0.4, 0.5) is 11.4 Å². The molecule has 18 heavy (non-hydrogen) atoms. The third kappa shape index (κ3) is 2.43. The minimum absolute atomic E-state index is 0.0789. The maximum Gasteiger partial charge on any atom is 0.128 e. The van der Waals surface area contributed by atoms with E-state index in [0.717, 1.165) is 17.9 Å². The van der Waals surface area contributed by atoms with E-state index in [-0.39, 0.29) is 6.04 Å². The lowest BCUT2D eigenvalue weighted by molar-refractivity contribution is 0.704. The molecule has 5 heteroatoms. The number of hydrogen-bond acceptors (Lipinski definition) is 4. The second kappa shape index (κ2) is 5.23. The van der Waals surface area contributed by atoms with Gasteiger partial charge in [-0.3, -0.25) is 0 Å². The van der Waals surface area contributed by atoms with Crippen molar-refractivity contribution in [2.45, 2.75) is 19.4 Å². The summed E-state index contributed by atoms with van der Waals surface area (Å²) in [4.78, 5) is 7.32. The molecule has 0 saturated heterocycles. The number of benzene rings is 1. The molecule has 0 aliphatic carbocycles. The Morgan fingerprint density at radius 2 is 2.39 bits per heavy atom. The van der Waals surface area contributed by atoms with E-state index in [9.17, 15) is 0 Å². The smallest absolute Gasteiger partial charge is 0.128 e. The Morgan fingerprint density at radius 1 is 1.56 bits per heavy atom. The molecule has 0 saturated carbocycles. The number of nitrogens with zero attached hydrogens (tertiary/aromatic N) is 2. The molecule has 2 aromatic rings. The first-order valence-electron chi connectivity index (χ1n) is 5.80. The van der Waals surface area contributed by atoms with Crippen molar-refractivity contribution in [1.82, 2.24) is 9.97 Å². The summed E-state index contributed by atoms with van der Waals surface area (Å²) < 4.78 is 0. The van der Waals surface area contributed by atoms with Gasteiger partial charge in [-0.2, -0.15) is 5.26 Å². The van der Waals surface area contributed by atoms with E-state index in [1.165, 1.54) is 0 Å². The van der Waals surface area contributed by atoms with Gasteiger partial charge in [0, 0.05) is 12.4 Å². The van der Waals surface area contributed by atoms with Gasteiger partial charge < -0.3 is 16.0 Å². The highest BCUT2D eigenvalue weighted by Crippen LogP contribution is 2.25. The van der Waals surface area contributed by atoms with Crippen molar-refractivity contribution >= 4 is 11.4 Å². The molecule has 0 bridgehead atoms. The Bertz CT molecular complexity index is 553. The summed E-state index contributed by atoms with van der Waals surface area (Å²) >= 11 is 0. The van der Waals surface area contributed by atoms with E-state index < -0.39 is 0 Å². The molecule has 2 rings (SSSR count). The molecule has 1 aromatic carbocycles. The zero-order valence-electron chi connectivity index (χ0n) is 10.1. The zero-order valence-corrected chi connectivity index (χ0v) is 10.1. The molecule has 1 aromatic heterocycles. The van der Waals surface area contributed by atoms with Gasteiger partial charge in [-0.1, -0.05) is 6.92 Å². The number of imidazole rings is 1. The number of aromatic amines is 1. The molecule has 5 nitrogen and oxygen atoms in total. The van der Waals surface area contributed by atoms with Gasteiger partial charge >= 0.3 is 0 Å². The van der Waals surface area contributed by atoms with Crippen LogP contribution in [0.25, 0.3) is 0 Å². The summed E-state index contributed by atoms with van der Waals surface area (Å²) in [6.07, 6.45) is 4.40. The summed E-state index contributed by atoms with van der Waals surface area (Å²) in [5.41, 5.74) is 7.85. The third-order valence-electron chi connectivity index (χ3n) is 2.77. The quantitative estimate of drug-likeness (QED) is 0.717. The third-order valence-corrected chi connectivity index (χ3v) is 2.77. The van der Waals surface area contributed by atoms with Crippen molar-refractivity contribution in [3.63, 3.8) is 0 Å². The number of anilines is 2. The van der Waals surface area contributed by atoms with Gasteiger partial charge in [0.2, 0.25) is 0 Å². The largest absolute Gasteiger partial charge is 0.397 e. The first kappa shape index (κ1) is 12.0. The second-order valence-electron chi connectivity index (χ2n) is 3.99. The molecule has 0 fully saturated rings. The van der Waals surface area contributed by atoms with Gasteiger partial charge in [-0.15, -0.1) is 0 Å². The van der Waals surface area contributed by atoms with Crippen LogP contribution in [0.1, 0.15) is 30.8 Å². The van der Waals surface area contributed by atoms with Gasteiger partial charge in [0.05, 0.1) is 29.0 Å². The average molecular weight is 241 g/mol. The molecular formula is C13H15N5. The molecule has 0 spiro atoms. The first-order valence-corrected chi connectivity index (χ1v) is 5.80. The van der Waals surface area contributed by atoms with Gasteiger partial charge in [0.25, 0.3) is 0 Å². The lowest BCUT2D eigenvalue weighted by atomic mass is 10.1. The maximum absolute atomic E-state index is 8.79. The number of rotatable bonds is 4. The van der Waals surface area contributed by atoms with Crippen LogP contribution in [-0.4, -0.2) is 9.97 Å². The van der Waals surface area contributed by atoms with Crippen LogP contribution in [0.2, 0.25) is 0 Å². The minimum atomic E-state index is 0.0789. The number of nitriles is 1. The van der Waals surface area contributed by atoms with Crippen molar-refractivity contribution in [2.24, 2.45) is 0 Å². The molecule has 1 unspecified atom stereocenters. The number of H-pyrrole nitrogens is 1. The average Bonchev–Trinajstić information content (AvgIpc) is 2.91. The van der Waals surface area contributed by atoms with Crippen LogP contribution in [0, 0.1) is 11.3 Å². The molecule has 0 aliphatic heterocycles. The molecule has 1 heterocycles. The standard InChI is InChI=1S/C13H15N5/c1-2-11(13-16-5-6-17-13)18-12-4-3-9(8-14)7-10(12)15/h3-7,11,18H,2,15H2,1H3,(H,16,17). The Kier molecular flexibility index (Phi) is 3.49. The van der Waals surface area contributed by atoms with Crippen molar-refractivity contribution in [3.05, 3.63) is 42.0 Å². The van der Waals surface area contributed by atoms with Crippen LogP contribution in [0.5, 0.6) is 0 Å².